The molecule has 1 aromatic heterocycles. The molecule has 1 aliphatic rings. The average molecular weight is 486 g/mol. The van der Waals surface area contributed by atoms with Crippen molar-refractivity contribution in [3.8, 4) is 0 Å². The highest BCUT2D eigenvalue weighted by Gasteiger charge is 2.31. The van der Waals surface area contributed by atoms with Crippen molar-refractivity contribution < 1.29 is 22.8 Å². The van der Waals surface area contributed by atoms with E-state index < -0.39 is 29.1 Å². The highest BCUT2D eigenvalue weighted by atomic mass is 19.4. The minimum atomic E-state index is -4.56. The molecular formula is C25H25F3N4O3. The molecule has 0 radical (unpaired) electrons. The first-order valence-electron chi connectivity index (χ1n) is 11.3. The Bertz CT molecular complexity index is 1310. The lowest BCUT2D eigenvalue weighted by Gasteiger charge is -2.31. The molecule has 2 amide bonds. The number of amides is 2. The van der Waals surface area contributed by atoms with Crippen LogP contribution in [0.3, 0.4) is 0 Å². The zero-order valence-electron chi connectivity index (χ0n) is 18.9. The third-order valence-corrected chi connectivity index (χ3v) is 6.28. The van der Waals surface area contributed by atoms with Gasteiger partial charge in [-0.25, -0.2) is 4.98 Å². The number of alkyl halides is 3. The second-order valence-electron chi connectivity index (χ2n) is 8.72. The van der Waals surface area contributed by atoms with Crippen LogP contribution in [0.25, 0.3) is 11.0 Å². The molecule has 10 heteroatoms. The van der Waals surface area contributed by atoms with Crippen molar-refractivity contribution in [3.05, 3.63) is 75.7 Å². The van der Waals surface area contributed by atoms with Crippen LogP contribution in [0.5, 0.6) is 0 Å². The Balaban J connectivity index is 1.66. The van der Waals surface area contributed by atoms with Gasteiger partial charge in [0.25, 0.3) is 5.56 Å². The van der Waals surface area contributed by atoms with E-state index in [1.54, 1.807) is 4.90 Å². The summed E-state index contributed by atoms with van der Waals surface area (Å²) in [6.45, 7) is 0.866. The third kappa shape index (κ3) is 5.52. The van der Waals surface area contributed by atoms with Gasteiger partial charge in [-0.05, 0) is 36.6 Å². The molecule has 1 fully saturated rings. The number of nitrogens with two attached hydrogens (primary N) is 1. The minimum Gasteiger partial charge on any atom is -0.369 e. The average Bonchev–Trinajstić information content (AvgIpc) is 2.84. The fourth-order valence-electron chi connectivity index (χ4n) is 4.38. The summed E-state index contributed by atoms with van der Waals surface area (Å²) in [4.78, 5) is 43.3. The van der Waals surface area contributed by atoms with Crippen LogP contribution >= 0.6 is 0 Å². The second-order valence-corrected chi connectivity index (χ2v) is 8.72. The summed E-state index contributed by atoms with van der Waals surface area (Å²) in [5.41, 5.74) is 5.19. The van der Waals surface area contributed by atoms with Gasteiger partial charge in [0, 0.05) is 25.9 Å². The van der Waals surface area contributed by atoms with Gasteiger partial charge in [0.2, 0.25) is 11.8 Å². The SMILES string of the molecule is NC(=O)[C@@H]1CCCN(C(=O)CCc2nc3cc(C(F)(F)F)ccc3n(Cc3ccccc3)c2=O)C1. The summed E-state index contributed by atoms with van der Waals surface area (Å²) in [6.07, 6.45) is -3.37. The first kappa shape index (κ1) is 24.4. The number of carbonyl (C=O) groups is 2. The Hall–Kier alpha value is -3.69. The normalized spacial score (nSPS) is 16.4. The first-order chi connectivity index (χ1) is 16.6. The van der Waals surface area contributed by atoms with Gasteiger partial charge in [-0.2, -0.15) is 13.2 Å². The summed E-state index contributed by atoms with van der Waals surface area (Å²) < 4.78 is 41.3. The van der Waals surface area contributed by atoms with Crippen LogP contribution in [0.1, 0.15) is 36.1 Å². The lowest BCUT2D eigenvalue weighted by atomic mass is 9.97. The van der Waals surface area contributed by atoms with Crippen LogP contribution in [0.2, 0.25) is 0 Å². The number of fused-ring (bicyclic) bond motifs is 1. The second kappa shape index (κ2) is 9.89. The fraction of sp³-hybridized carbons (Fsp3) is 0.360. The van der Waals surface area contributed by atoms with Gasteiger partial charge < -0.3 is 15.2 Å². The number of hydrogen-bond donors (Lipinski definition) is 1. The quantitative estimate of drug-likeness (QED) is 0.579. The van der Waals surface area contributed by atoms with E-state index in [1.807, 2.05) is 30.3 Å². The number of rotatable bonds is 6. The largest absolute Gasteiger partial charge is 0.416 e. The number of primary amides is 1. The van der Waals surface area contributed by atoms with Crippen LogP contribution in [0.15, 0.2) is 53.3 Å². The molecule has 3 aromatic rings. The lowest BCUT2D eigenvalue weighted by molar-refractivity contribution is -0.137. The Morgan fingerprint density at radius 3 is 2.54 bits per heavy atom. The van der Waals surface area contributed by atoms with Crippen molar-refractivity contribution in [2.24, 2.45) is 11.7 Å². The van der Waals surface area contributed by atoms with Crippen molar-refractivity contribution in [2.45, 2.75) is 38.4 Å². The zero-order valence-corrected chi connectivity index (χ0v) is 18.9. The monoisotopic (exact) mass is 486 g/mol. The maximum atomic E-state index is 13.3. The lowest BCUT2D eigenvalue weighted by Crippen LogP contribution is -2.44. The van der Waals surface area contributed by atoms with E-state index in [9.17, 15) is 27.6 Å². The minimum absolute atomic E-state index is 0.0181. The van der Waals surface area contributed by atoms with Gasteiger partial charge in [0.15, 0.2) is 0 Å². The Kier molecular flexibility index (Phi) is 6.90. The number of hydrogen-bond acceptors (Lipinski definition) is 4. The predicted molar refractivity (Wildman–Crippen MR) is 123 cm³/mol. The van der Waals surface area contributed by atoms with Gasteiger partial charge in [0.05, 0.1) is 29.1 Å². The van der Waals surface area contributed by atoms with E-state index in [1.165, 1.54) is 10.6 Å². The number of aromatic nitrogens is 2. The standard InChI is InChI=1S/C25H25F3N4O3/c26-25(27,28)18-8-10-21-20(13-18)30-19(24(35)32(21)14-16-5-2-1-3-6-16)9-11-22(33)31-12-4-7-17(15-31)23(29)34/h1-3,5-6,8,10,13,17H,4,7,9,11-12,14-15H2,(H2,29,34)/t17-/m1/s1. The number of nitrogens with zero attached hydrogens (tertiary/aromatic N) is 3. The molecule has 1 saturated heterocycles. The van der Waals surface area contributed by atoms with Gasteiger partial charge in [-0.3, -0.25) is 14.4 Å². The molecule has 0 aliphatic carbocycles. The molecule has 0 unspecified atom stereocenters. The van der Waals surface area contributed by atoms with E-state index in [-0.39, 0.29) is 48.6 Å². The molecule has 35 heavy (non-hydrogen) atoms. The van der Waals surface area contributed by atoms with Gasteiger partial charge >= 0.3 is 6.18 Å². The van der Waals surface area contributed by atoms with Gasteiger partial charge in [0.1, 0.15) is 5.69 Å². The van der Waals surface area contributed by atoms with Crippen molar-refractivity contribution in [2.75, 3.05) is 13.1 Å². The molecule has 0 saturated carbocycles. The van der Waals surface area contributed by atoms with Crippen LogP contribution < -0.4 is 11.3 Å². The van der Waals surface area contributed by atoms with E-state index in [0.29, 0.717) is 19.4 Å². The van der Waals surface area contributed by atoms with Crippen LogP contribution in [0, 0.1) is 5.92 Å². The predicted octanol–water partition coefficient (Wildman–Crippen LogP) is 3.12. The fourth-order valence-corrected chi connectivity index (χ4v) is 4.38. The van der Waals surface area contributed by atoms with Crippen molar-refractivity contribution in [1.29, 1.82) is 0 Å². The summed E-state index contributed by atoms with van der Waals surface area (Å²) >= 11 is 0. The molecule has 7 nitrogen and oxygen atoms in total. The topological polar surface area (TPSA) is 98.3 Å². The van der Waals surface area contributed by atoms with Crippen LogP contribution in [-0.4, -0.2) is 39.4 Å². The Labute approximate surface area is 199 Å². The van der Waals surface area contributed by atoms with E-state index in [2.05, 4.69) is 4.98 Å². The number of carbonyl (C=O) groups excluding carboxylic acids is 2. The Morgan fingerprint density at radius 1 is 1.11 bits per heavy atom. The highest BCUT2D eigenvalue weighted by molar-refractivity contribution is 5.80. The maximum Gasteiger partial charge on any atom is 0.416 e. The zero-order chi connectivity index (χ0) is 25.2. The third-order valence-electron chi connectivity index (χ3n) is 6.28. The highest BCUT2D eigenvalue weighted by Crippen LogP contribution is 2.31. The molecule has 4 rings (SSSR count). The summed E-state index contributed by atoms with van der Waals surface area (Å²) in [7, 11) is 0. The molecule has 1 aliphatic heterocycles. The van der Waals surface area contributed by atoms with Gasteiger partial charge in [-0.1, -0.05) is 30.3 Å². The number of halogens is 3. The first-order valence-corrected chi connectivity index (χ1v) is 11.3. The van der Waals surface area contributed by atoms with Crippen molar-refractivity contribution in [1.82, 2.24) is 14.5 Å². The molecule has 0 spiro atoms. The number of benzene rings is 2. The number of likely N-dealkylation sites (tertiary alicyclic amines) is 1. The summed E-state index contributed by atoms with van der Waals surface area (Å²) in [5, 5.41) is 0. The van der Waals surface area contributed by atoms with Crippen LogP contribution in [-0.2, 0) is 28.7 Å². The molecule has 2 N–H and O–H groups in total. The molecule has 2 aromatic carbocycles. The molecule has 2 heterocycles. The molecule has 1 atom stereocenters. The van der Waals surface area contributed by atoms with Crippen LogP contribution in [0.4, 0.5) is 13.2 Å². The van der Waals surface area contributed by atoms with E-state index in [4.69, 9.17) is 5.73 Å². The molecular weight excluding hydrogens is 461 g/mol. The van der Waals surface area contributed by atoms with Crippen molar-refractivity contribution >= 4 is 22.8 Å². The number of aryl methyl sites for hydroxylation is 1. The van der Waals surface area contributed by atoms with E-state index in [0.717, 1.165) is 17.7 Å². The van der Waals surface area contributed by atoms with Gasteiger partial charge in [-0.15, -0.1) is 0 Å². The maximum absolute atomic E-state index is 13.3. The molecule has 184 valence electrons. The molecule has 0 bridgehead atoms. The number of piperidine rings is 1. The van der Waals surface area contributed by atoms with E-state index >= 15 is 0 Å². The van der Waals surface area contributed by atoms with Crippen molar-refractivity contribution in [3.63, 3.8) is 0 Å². The summed E-state index contributed by atoms with van der Waals surface area (Å²) in [5.74, 6) is -1.12. The summed E-state index contributed by atoms with van der Waals surface area (Å²) in [6, 6.07) is 12.2. The Morgan fingerprint density at radius 2 is 1.86 bits per heavy atom. The smallest absolute Gasteiger partial charge is 0.369 e.